The summed E-state index contributed by atoms with van der Waals surface area (Å²) in [6.07, 6.45) is 12.5. The van der Waals surface area contributed by atoms with Crippen LogP contribution in [0.2, 0.25) is 0 Å². The van der Waals surface area contributed by atoms with Crippen LogP contribution in [0.4, 0.5) is 11.4 Å². The minimum Gasteiger partial charge on any atom is -0.465 e. The molecule has 0 saturated heterocycles. The Labute approximate surface area is 359 Å². The lowest BCUT2D eigenvalue weighted by Gasteiger charge is -2.47. The topological polar surface area (TPSA) is 170 Å². The SMILES string of the molecule is CC.CCCC(=O)OCC(C)(COC(=O)C(C)Br)C(=O)OCCN1c2ccccc2C(C)(C)C12C=Cc1cc([N+](=O)[O-])ccc1O2.CS(C)(C)CCCOCCOC=O. The molecule has 0 radical (unpaired) electrons. The Kier molecular flexibility index (Phi) is 20.4. The van der Waals surface area contributed by atoms with E-state index in [0.717, 1.165) is 24.3 Å². The molecule has 14 nitrogen and oxygen atoms in total. The number of halogens is 1. The third kappa shape index (κ3) is 14.2. The lowest BCUT2D eigenvalue weighted by atomic mass is 9.76. The molecule has 330 valence electrons. The van der Waals surface area contributed by atoms with E-state index in [1.165, 1.54) is 24.8 Å². The number of alkyl halides is 1. The van der Waals surface area contributed by atoms with Crippen molar-refractivity contribution >= 4 is 67.8 Å². The summed E-state index contributed by atoms with van der Waals surface area (Å²) in [5.74, 6) is 0.0207. The summed E-state index contributed by atoms with van der Waals surface area (Å²) in [6.45, 7) is 14.7. The van der Waals surface area contributed by atoms with E-state index in [0.29, 0.717) is 37.4 Å². The van der Waals surface area contributed by atoms with Gasteiger partial charge in [-0.15, -0.1) is 0 Å². The fraction of sp³-hybridized carbons (Fsp3) is 0.581. The van der Waals surface area contributed by atoms with Gasteiger partial charge in [0.15, 0.2) is 0 Å². The van der Waals surface area contributed by atoms with E-state index >= 15 is 0 Å². The number of para-hydroxylation sites is 1. The second-order valence-electron chi connectivity index (χ2n) is 15.5. The van der Waals surface area contributed by atoms with Crippen LogP contribution in [0.15, 0.2) is 48.5 Å². The first kappa shape index (κ1) is 51.0. The van der Waals surface area contributed by atoms with Gasteiger partial charge in [-0.2, -0.15) is 0 Å². The Hall–Kier alpha value is -4.15. The number of carbonyl (C=O) groups is 4. The molecule has 3 atom stereocenters. The monoisotopic (exact) mass is 910 g/mol. The molecule has 4 rings (SSSR count). The smallest absolute Gasteiger partial charge is 0.319 e. The van der Waals surface area contributed by atoms with Gasteiger partial charge in [-0.05, 0) is 94.9 Å². The second-order valence-corrected chi connectivity index (χ2v) is 21.4. The van der Waals surface area contributed by atoms with Gasteiger partial charge in [-0.3, -0.25) is 29.3 Å². The highest BCUT2D eigenvalue weighted by Crippen LogP contribution is 2.55. The molecule has 0 saturated carbocycles. The van der Waals surface area contributed by atoms with Crippen LogP contribution in [0.3, 0.4) is 0 Å². The van der Waals surface area contributed by atoms with Crippen molar-refractivity contribution in [3.05, 3.63) is 69.8 Å². The average molecular weight is 912 g/mol. The number of ether oxygens (including phenoxy) is 6. The summed E-state index contributed by atoms with van der Waals surface area (Å²) < 4.78 is 32.8. The van der Waals surface area contributed by atoms with E-state index < -0.39 is 44.2 Å². The van der Waals surface area contributed by atoms with Crippen molar-refractivity contribution in [2.24, 2.45) is 5.41 Å². The molecule has 3 unspecified atom stereocenters. The van der Waals surface area contributed by atoms with Gasteiger partial charge in [0, 0.05) is 36.4 Å². The first-order valence-electron chi connectivity index (χ1n) is 19.8. The fourth-order valence-electron chi connectivity index (χ4n) is 6.27. The van der Waals surface area contributed by atoms with Crippen molar-refractivity contribution in [3.8, 4) is 5.75 Å². The Bertz CT molecular complexity index is 1750. The van der Waals surface area contributed by atoms with Crippen LogP contribution >= 0.6 is 26.0 Å². The van der Waals surface area contributed by atoms with Gasteiger partial charge < -0.3 is 33.3 Å². The van der Waals surface area contributed by atoms with Crippen LogP contribution in [0, 0.1) is 15.5 Å². The number of nitrogens with zero attached hydrogens (tertiary/aromatic N) is 2. The number of anilines is 1. The van der Waals surface area contributed by atoms with E-state index in [9.17, 15) is 29.3 Å². The Morgan fingerprint density at radius 2 is 1.69 bits per heavy atom. The van der Waals surface area contributed by atoms with E-state index in [-0.39, 0.29) is 48.5 Å². The van der Waals surface area contributed by atoms with Gasteiger partial charge in [-0.25, -0.2) is 10.0 Å². The summed E-state index contributed by atoms with van der Waals surface area (Å²) in [5, 5.41) is 11.3. The maximum Gasteiger partial charge on any atom is 0.319 e. The molecule has 2 aromatic carbocycles. The van der Waals surface area contributed by atoms with Crippen LogP contribution in [-0.2, 0) is 48.3 Å². The zero-order valence-electron chi connectivity index (χ0n) is 36.2. The number of fused-ring (bicyclic) bond motifs is 2. The highest BCUT2D eigenvalue weighted by Gasteiger charge is 2.58. The minimum atomic E-state index is -1.43. The molecule has 2 aliphatic rings. The standard InChI is InChI=1S/C32H37BrN2O9.C9H20O3S.C2H6/c1-6-9-27(36)42-19-31(5,20-43-28(37)21(2)33)29(38)41-17-16-34-25-11-8-7-10-24(25)30(3,4)32(34)15-14-22-18-23(35(39)40)12-13-26(22)44-32;1-13(2,3)8-4-5-11-6-7-12-9-10;1-2/h7-8,10-15,18,21H,6,9,16-17,19-20H2,1-5H3;9H,4-8H2,1-3H3;1-2H3. The molecule has 1 spiro atoms. The van der Waals surface area contributed by atoms with Crippen LogP contribution in [0.25, 0.3) is 6.08 Å². The zero-order chi connectivity index (χ0) is 44.4. The van der Waals surface area contributed by atoms with Gasteiger partial charge in [0.2, 0.25) is 5.72 Å². The van der Waals surface area contributed by atoms with Crippen LogP contribution in [0.5, 0.6) is 5.75 Å². The maximum absolute atomic E-state index is 13.4. The number of non-ortho nitro benzene ring substituents is 1. The normalized spacial score (nSPS) is 17.5. The molecule has 59 heavy (non-hydrogen) atoms. The van der Waals surface area contributed by atoms with E-state index in [4.69, 9.17) is 23.7 Å². The molecule has 0 N–H and O–H groups in total. The van der Waals surface area contributed by atoms with Gasteiger partial charge in [-0.1, -0.05) is 54.9 Å². The van der Waals surface area contributed by atoms with E-state index in [1.807, 2.05) is 62.1 Å². The highest BCUT2D eigenvalue weighted by atomic mass is 79.9. The maximum atomic E-state index is 13.4. The largest absolute Gasteiger partial charge is 0.465 e. The molecule has 0 amide bonds. The molecule has 0 aliphatic carbocycles. The van der Waals surface area contributed by atoms with Crippen molar-refractivity contribution in [2.75, 3.05) is 75.6 Å². The number of hydrogen-bond donors (Lipinski definition) is 0. The lowest BCUT2D eigenvalue weighted by molar-refractivity contribution is -0.384. The quantitative estimate of drug-likeness (QED) is 0.0238. The first-order chi connectivity index (χ1) is 27.8. The highest BCUT2D eigenvalue weighted by molar-refractivity contribution is 9.10. The van der Waals surface area contributed by atoms with Crippen LogP contribution < -0.4 is 9.64 Å². The molecule has 2 aromatic rings. The van der Waals surface area contributed by atoms with E-state index in [2.05, 4.69) is 53.3 Å². The zero-order valence-corrected chi connectivity index (χ0v) is 38.6. The fourth-order valence-corrected chi connectivity index (χ4v) is 7.38. The van der Waals surface area contributed by atoms with Crippen molar-refractivity contribution in [1.82, 2.24) is 0 Å². The first-order valence-corrected chi connectivity index (χ1v) is 23.7. The molecule has 0 aromatic heterocycles. The number of benzene rings is 2. The molecule has 0 fully saturated rings. The molecule has 2 aliphatic heterocycles. The van der Waals surface area contributed by atoms with Crippen molar-refractivity contribution in [3.63, 3.8) is 0 Å². The van der Waals surface area contributed by atoms with Crippen molar-refractivity contribution in [2.45, 2.75) is 83.7 Å². The Morgan fingerprint density at radius 3 is 2.32 bits per heavy atom. The van der Waals surface area contributed by atoms with Crippen LogP contribution in [-0.4, -0.2) is 111 Å². The number of esters is 3. The van der Waals surface area contributed by atoms with Gasteiger partial charge >= 0.3 is 17.9 Å². The summed E-state index contributed by atoms with van der Waals surface area (Å²) in [5.41, 5.74) is -0.590. The van der Waals surface area contributed by atoms with E-state index in [1.54, 1.807) is 13.0 Å². The number of hydrogen-bond acceptors (Lipinski definition) is 13. The summed E-state index contributed by atoms with van der Waals surface area (Å²) in [7, 11) is -0.389. The third-order valence-corrected chi connectivity index (χ3v) is 11.4. The summed E-state index contributed by atoms with van der Waals surface area (Å²) in [6, 6.07) is 12.3. The molecule has 0 bridgehead atoms. The number of nitro benzene ring substituents is 1. The summed E-state index contributed by atoms with van der Waals surface area (Å²) >= 11 is 3.16. The van der Waals surface area contributed by atoms with Gasteiger partial charge in [0.1, 0.15) is 42.4 Å². The predicted molar refractivity (Wildman–Crippen MR) is 236 cm³/mol. The number of nitro groups is 1. The third-order valence-electron chi connectivity index (χ3n) is 9.49. The molecule has 2 heterocycles. The summed E-state index contributed by atoms with van der Waals surface area (Å²) in [4.78, 5) is 59.7. The van der Waals surface area contributed by atoms with Crippen molar-refractivity contribution < 1.29 is 52.5 Å². The predicted octanol–water partition coefficient (Wildman–Crippen LogP) is 8.00. The van der Waals surface area contributed by atoms with Crippen molar-refractivity contribution in [1.29, 1.82) is 0 Å². The molecular formula is C43H63BrN2O12S. The number of carbonyl (C=O) groups excluding carboxylic acids is 4. The Morgan fingerprint density at radius 1 is 1.02 bits per heavy atom. The van der Waals surface area contributed by atoms with Crippen LogP contribution in [0.1, 0.15) is 78.9 Å². The molecule has 16 heteroatoms. The van der Waals surface area contributed by atoms with Gasteiger partial charge in [0.05, 0.1) is 23.5 Å². The Balaban J connectivity index is 0.000000682. The lowest BCUT2D eigenvalue weighted by Crippen LogP contribution is -2.60. The molecular weight excluding hydrogens is 848 g/mol. The number of rotatable bonds is 20. The van der Waals surface area contributed by atoms with Gasteiger partial charge in [0.25, 0.3) is 12.2 Å². The second kappa shape index (κ2) is 23.6. The average Bonchev–Trinajstić information content (AvgIpc) is 3.37. The minimum absolute atomic E-state index is 0.0367.